The van der Waals surface area contributed by atoms with Gasteiger partial charge in [0.15, 0.2) is 0 Å². The van der Waals surface area contributed by atoms with Crippen LogP contribution in [0.4, 0.5) is 35.3 Å². The third kappa shape index (κ3) is 7.30. The highest BCUT2D eigenvalue weighted by Crippen LogP contribution is 2.35. The van der Waals surface area contributed by atoms with Gasteiger partial charge in [-0.25, -0.2) is 19.7 Å². The summed E-state index contributed by atoms with van der Waals surface area (Å²) in [5.41, 5.74) is 6.59. The SMILES string of the molecule is CN1CCN(Cc2ccc(NC(=O)Nc3cccc(Oc4ncccc4-c4ccnc(N)n4)c3)cc2C(F)(F)F)CC1. The number of likely N-dealkylation sites (N-methyl/N-ethyl adjacent to an activating group) is 1. The first-order chi connectivity index (χ1) is 20.1. The fraction of sp³-hybridized carbons (Fsp3) is 0.241. The fourth-order valence-corrected chi connectivity index (χ4v) is 4.54. The molecule has 10 nitrogen and oxygen atoms in total. The Bertz CT molecular complexity index is 1560. The lowest BCUT2D eigenvalue weighted by Gasteiger charge is -2.33. The largest absolute Gasteiger partial charge is 0.438 e. The number of hydrogen-bond donors (Lipinski definition) is 3. The van der Waals surface area contributed by atoms with E-state index < -0.39 is 17.8 Å². The molecule has 13 heteroatoms. The molecule has 218 valence electrons. The predicted molar refractivity (Wildman–Crippen MR) is 153 cm³/mol. The summed E-state index contributed by atoms with van der Waals surface area (Å²) in [6, 6.07) is 14.8. The number of aromatic nitrogens is 3. The van der Waals surface area contributed by atoms with Gasteiger partial charge < -0.3 is 26.0 Å². The summed E-state index contributed by atoms with van der Waals surface area (Å²) in [4.78, 5) is 29.2. The number of nitrogens with zero attached hydrogens (tertiary/aromatic N) is 5. The summed E-state index contributed by atoms with van der Waals surface area (Å²) in [5, 5.41) is 5.13. The van der Waals surface area contributed by atoms with Gasteiger partial charge in [0.05, 0.1) is 16.8 Å². The molecule has 2 amide bonds. The van der Waals surface area contributed by atoms with Gasteiger partial charge in [0.25, 0.3) is 0 Å². The standard InChI is InChI=1S/C29H29F3N8O2/c1-39-12-14-40(15-13-39)18-19-7-8-21(17-24(19)29(30,31)32)37-28(41)36-20-4-2-5-22(16-20)42-26-23(6-3-10-34-26)25-9-11-35-27(33)38-25/h2-11,16-17H,12-15,18H2,1H3,(H2,33,35,38)(H2,36,37,41). The van der Waals surface area contributed by atoms with Gasteiger partial charge in [0.2, 0.25) is 11.8 Å². The molecular formula is C29H29F3N8O2. The maximum absolute atomic E-state index is 13.9. The molecule has 0 spiro atoms. The summed E-state index contributed by atoms with van der Waals surface area (Å²) in [6.45, 7) is 3.16. The highest BCUT2D eigenvalue weighted by molar-refractivity contribution is 6.00. The third-order valence-electron chi connectivity index (χ3n) is 6.69. The Labute approximate surface area is 240 Å². The molecule has 42 heavy (non-hydrogen) atoms. The van der Waals surface area contributed by atoms with E-state index in [4.69, 9.17) is 10.5 Å². The average Bonchev–Trinajstić information content (AvgIpc) is 2.95. The Morgan fingerprint density at radius 1 is 0.952 bits per heavy atom. The lowest BCUT2D eigenvalue weighted by atomic mass is 10.0. The van der Waals surface area contributed by atoms with Crippen LogP contribution in [0.2, 0.25) is 0 Å². The van der Waals surface area contributed by atoms with Crippen molar-refractivity contribution >= 4 is 23.4 Å². The molecule has 0 aliphatic carbocycles. The molecule has 0 radical (unpaired) electrons. The fourth-order valence-electron chi connectivity index (χ4n) is 4.54. The molecule has 1 aliphatic rings. The van der Waals surface area contributed by atoms with E-state index in [9.17, 15) is 18.0 Å². The van der Waals surface area contributed by atoms with Crippen molar-refractivity contribution in [3.05, 3.63) is 84.2 Å². The zero-order valence-corrected chi connectivity index (χ0v) is 22.7. The first kappa shape index (κ1) is 28.8. The molecule has 5 rings (SSSR count). The summed E-state index contributed by atoms with van der Waals surface area (Å²) < 4.78 is 47.7. The van der Waals surface area contributed by atoms with Crippen LogP contribution in [0.15, 0.2) is 73.1 Å². The van der Waals surface area contributed by atoms with Crippen LogP contribution in [0.25, 0.3) is 11.3 Å². The summed E-state index contributed by atoms with van der Waals surface area (Å²) in [6.07, 6.45) is -1.48. The van der Waals surface area contributed by atoms with Crippen LogP contribution in [0.3, 0.4) is 0 Å². The number of ether oxygens (including phenoxy) is 1. The van der Waals surface area contributed by atoms with E-state index in [-0.39, 0.29) is 29.6 Å². The molecule has 3 heterocycles. The van der Waals surface area contributed by atoms with Gasteiger partial charge in [-0.05, 0) is 55.1 Å². The average molecular weight is 579 g/mol. The van der Waals surface area contributed by atoms with E-state index in [1.165, 1.54) is 18.3 Å². The Balaban J connectivity index is 1.27. The van der Waals surface area contributed by atoms with Gasteiger partial charge in [0.1, 0.15) is 5.75 Å². The molecule has 4 aromatic rings. The molecule has 0 saturated carbocycles. The minimum atomic E-state index is -4.57. The van der Waals surface area contributed by atoms with Crippen molar-refractivity contribution < 1.29 is 22.7 Å². The number of benzene rings is 2. The first-order valence-corrected chi connectivity index (χ1v) is 13.1. The Kier molecular flexibility index (Phi) is 8.50. The number of nitrogens with one attached hydrogen (secondary N) is 2. The second-order valence-corrected chi connectivity index (χ2v) is 9.81. The molecule has 2 aromatic heterocycles. The zero-order valence-electron chi connectivity index (χ0n) is 22.7. The van der Waals surface area contributed by atoms with Gasteiger partial charge >= 0.3 is 12.2 Å². The first-order valence-electron chi connectivity index (χ1n) is 13.1. The van der Waals surface area contributed by atoms with Crippen molar-refractivity contribution in [1.82, 2.24) is 24.8 Å². The van der Waals surface area contributed by atoms with E-state index in [0.29, 0.717) is 35.8 Å². The molecule has 0 atom stereocenters. The van der Waals surface area contributed by atoms with E-state index in [2.05, 4.69) is 30.5 Å². The number of anilines is 3. The third-order valence-corrected chi connectivity index (χ3v) is 6.69. The van der Waals surface area contributed by atoms with Crippen molar-refractivity contribution in [1.29, 1.82) is 0 Å². The maximum Gasteiger partial charge on any atom is 0.416 e. The number of urea groups is 1. The zero-order chi connectivity index (χ0) is 29.7. The Hall–Kier alpha value is -4.75. The molecule has 4 N–H and O–H groups in total. The van der Waals surface area contributed by atoms with Crippen molar-refractivity contribution in [3.8, 4) is 22.9 Å². The highest BCUT2D eigenvalue weighted by atomic mass is 19.4. The van der Waals surface area contributed by atoms with Crippen LogP contribution in [-0.2, 0) is 12.7 Å². The number of nitrogen functional groups attached to an aromatic ring is 1. The van der Waals surface area contributed by atoms with E-state index in [0.717, 1.165) is 19.2 Å². The minimum absolute atomic E-state index is 0.0246. The quantitative estimate of drug-likeness (QED) is 0.269. The number of piperazine rings is 1. The Morgan fingerprint density at radius 2 is 1.71 bits per heavy atom. The number of amides is 2. The van der Waals surface area contributed by atoms with Crippen LogP contribution < -0.4 is 21.1 Å². The molecule has 2 aromatic carbocycles. The van der Waals surface area contributed by atoms with Crippen molar-refractivity contribution in [2.75, 3.05) is 49.6 Å². The van der Waals surface area contributed by atoms with Crippen LogP contribution in [0, 0.1) is 0 Å². The highest BCUT2D eigenvalue weighted by Gasteiger charge is 2.34. The second kappa shape index (κ2) is 12.4. The van der Waals surface area contributed by atoms with Gasteiger partial charge in [-0.3, -0.25) is 4.90 Å². The monoisotopic (exact) mass is 578 g/mol. The predicted octanol–water partition coefficient (Wildman–Crippen LogP) is 5.32. The molecule has 1 fully saturated rings. The van der Waals surface area contributed by atoms with Crippen molar-refractivity contribution in [2.24, 2.45) is 0 Å². The molecule has 1 aliphatic heterocycles. The summed E-state index contributed by atoms with van der Waals surface area (Å²) in [7, 11) is 1.99. The molecule has 0 unspecified atom stereocenters. The molecular weight excluding hydrogens is 549 g/mol. The van der Waals surface area contributed by atoms with Gasteiger partial charge in [-0.1, -0.05) is 12.1 Å². The van der Waals surface area contributed by atoms with Gasteiger partial charge in [0, 0.05) is 62.6 Å². The van der Waals surface area contributed by atoms with E-state index in [1.54, 1.807) is 48.7 Å². The van der Waals surface area contributed by atoms with Crippen LogP contribution in [0.5, 0.6) is 11.6 Å². The number of alkyl halides is 3. The number of hydrogen-bond acceptors (Lipinski definition) is 8. The number of carbonyl (C=O) groups is 1. The number of nitrogens with two attached hydrogens (primary N) is 1. The minimum Gasteiger partial charge on any atom is -0.438 e. The smallest absolute Gasteiger partial charge is 0.416 e. The summed E-state index contributed by atoms with van der Waals surface area (Å²) >= 11 is 0. The number of halogens is 3. The topological polar surface area (TPSA) is 122 Å². The summed E-state index contributed by atoms with van der Waals surface area (Å²) in [5.74, 6) is 0.725. The lowest BCUT2D eigenvalue weighted by molar-refractivity contribution is -0.138. The van der Waals surface area contributed by atoms with Crippen LogP contribution in [0.1, 0.15) is 11.1 Å². The van der Waals surface area contributed by atoms with E-state index >= 15 is 0 Å². The maximum atomic E-state index is 13.9. The number of rotatable bonds is 7. The molecule has 1 saturated heterocycles. The lowest BCUT2D eigenvalue weighted by Crippen LogP contribution is -2.44. The molecule has 0 bridgehead atoms. The van der Waals surface area contributed by atoms with Crippen LogP contribution in [-0.4, -0.2) is 64.0 Å². The van der Waals surface area contributed by atoms with Crippen LogP contribution >= 0.6 is 0 Å². The number of pyridine rings is 1. The Morgan fingerprint density at radius 3 is 2.45 bits per heavy atom. The van der Waals surface area contributed by atoms with Crippen molar-refractivity contribution in [3.63, 3.8) is 0 Å². The second-order valence-electron chi connectivity index (χ2n) is 9.81. The van der Waals surface area contributed by atoms with Gasteiger partial charge in [-0.2, -0.15) is 13.2 Å². The van der Waals surface area contributed by atoms with Gasteiger partial charge in [-0.15, -0.1) is 0 Å². The normalized spacial score (nSPS) is 14.4. The van der Waals surface area contributed by atoms with E-state index in [1.807, 2.05) is 11.9 Å². The van der Waals surface area contributed by atoms with Crippen molar-refractivity contribution in [2.45, 2.75) is 12.7 Å². The number of carbonyl (C=O) groups excluding carboxylic acids is 1.